The second-order valence-corrected chi connectivity index (χ2v) is 5.07. The first-order valence-electron chi connectivity index (χ1n) is 6.52. The summed E-state index contributed by atoms with van der Waals surface area (Å²) < 4.78 is 0. The van der Waals surface area contributed by atoms with E-state index in [0.29, 0.717) is 12.0 Å². The zero-order chi connectivity index (χ0) is 12.8. The van der Waals surface area contributed by atoms with Crippen LogP contribution in [0.4, 0.5) is 0 Å². The monoisotopic (exact) mass is 235 g/mol. The molecule has 2 heteroatoms. The third-order valence-corrected chi connectivity index (χ3v) is 3.30. The third kappa shape index (κ3) is 4.14. The van der Waals surface area contributed by atoms with Crippen LogP contribution in [0.5, 0.6) is 0 Å². The van der Waals surface area contributed by atoms with E-state index in [-0.39, 0.29) is 12.6 Å². The molecule has 0 spiro atoms. The Bertz CT molecular complexity index is 318. The van der Waals surface area contributed by atoms with Gasteiger partial charge in [-0.15, -0.1) is 0 Å². The van der Waals surface area contributed by atoms with Gasteiger partial charge in [0.25, 0.3) is 0 Å². The van der Waals surface area contributed by atoms with Crippen molar-refractivity contribution < 1.29 is 5.11 Å². The van der Waals surface area contributed by atoms with Crippen molar-refractivity contribution in [2.24, 2.45) is 5.92 Å². The lowest BCUT2D eigenvalue weighted by Crippen LogP contribution is -2.39. The average Bonchev–Trinajstić information content (AvgIpc) is 2.32. The maximum Gasteiger partial charge on any atom is 0.0587 e. The Morgan fingerprint density at radius 3 is 2.18 bits per heavy atom. The highest BCUT2D eigenvalue weighted by atomic mass is 16.3. The van der Waals surface area contributed by atoms with Crippen LogP contribution >= 0.6 is 0 Å². The molecule has 1 aromatic carbocycles. The molecule has 0 aliphatic rings. The van der Waals surface area contributed by atoms with E-state index in [0.717, 1.165) is 6.42 Å². The number of rotatable bonds is 6. The van der Waals surface area contributed by atoms with Gasteiger partial charge in [-0.25, -0.2) is 0 Å². The van der Waals surface area contributed by atoms with Gasteiger partial charge in [-0.2, -0.15) is 0 Å². The standard InChI is InChI=1S/C15H25NO/c1-5-14(16-15(10-17)11(2)3)13-8-6-12(4)7-9-13/h6-9,11,14-17H,5,10H2,1-4H3/t14?,15-/m1/s1. The summed E-state index contributed by atoms with van der Waals surface area (Å²) in [6.07, 6.45) is 1.03. The predicted octanol–water partition coefficient (Wildman–Crippen LogP) is 3.05. The number of nitrogens with one attached hydrogen (secondary N) is 1. The number of benzene rings is 1. The highest BCUT2D eigenvalue weighted by Gasteiger charge is 2.17. The molecule has 17 heavy (non-hydrogen) atoms. The maximum atomic E-state index is 9.37. The first-order valence-corrected chi connectivity index (χ1v) is 6.52. The fraction of sp³-hybridized carbons (Fsp3) is 0.600. The Morgan fingerprint density at radius 2 is 1.76 bits per heavy atom. The fourth-order valence-electron chi connectivity index (χ4n) is 1.96. The lowest BCUT2D eigenvalue weighted by Gasteiger charge is -2.26. The van der Waals surface area contributed by atoms with E-state index in [1.807, 2.05) is 0 Å². The van der Waals surface area contributed by atoms with E-state index in [1.165, 1.54) is 11.1 Å². The summed E-state index contributed by atoms with van der Waals surface area (Å²) in [5, 5.41) is 12.9. The summed E-state index contributed by atoms with van der Waals surface area (Å²) in [6, 6.07) is 9.12. The minimum atomic E-state index is 0.168. The molecule has 2 atom stereocenters. The first kappa shape index (κ1) is 14.2. The summed E-state index contributed by atoms with van der Waals surface area (Å²) in [7, 11) is 0. The van der Waals surface area contributed by atoms with E-state index < -0.39 is 0 Å². The molecule has 0 saturated heterocycles. The largest absolute Gasteiger partial charge is 0.395 e. The van der Waals surface area contributed by atoms with Crippen LogP contribution in [0, 0.1) is 12.8 Å². The predicted molar refractivity (Wildman–Crippen MR) is 73.1 cm³/mol. The number of hydrogen-bond acceptors (Lipinski definition) is 2. The minimum Gasteiger partial charge on any atom is -0.395 e. The fourth-order valence-corrected chi connectivity index (χ4v) is 1.96. The number of aliphatic hydroxyl groups is 1. The van der Waals surface area contributed by atoms with Crippen molar-refractivity contribution >= 4 is 0 Å². The Morgan fingerprint density at radius 1 is 1.18 bits per heavy atom. The number of aliphatic hydroxyl groups excluding tert-OH is 1. The van der Waals surface area contributed by atoms with Gasteiger partial charge in [0, 0.05) is 12.1 Å². The van der Waals surface area contributed by atoms with Crippen molar-refractivity contribution in [1.82, 2.24) is 5.32 Å². The van der Waals surface area contributed by atoms with Crippen LogP contribution in [0.15, 0.2) is 24.3 Å². The molecule has 0 saturated carbocycles. The van der Waals surface area contributed by atoms with Crippen LogP contribution in [-0.4, -0.2) is 17.8 Å². The minimum absolute atomic E-state index is 0.168. The summed E-state index contributed by atoms with van der Waals surface area (Å²) in [4.78, 5) is 0. The molecular formula is C15H25NO. The van der Waals surface area contributed by atoms with Crippen molar-refractivity contribution in [3.05, 3.63) is 35.4 Å². The van der Waals surface area contributed by atoms with Crippen molar-refractivity contribution in [1.29, 1.82) is 0 Å². The SMILES string of the molecule is CCC(N[C@H](CO)C(C)C)c1ccc(C)cc1. The molecule has 0 fully saturated rings. The van der Waals surface area contributed by atoms with Gasteiger partial charge in [0.05, 0.1) is 6.61 Å². The molecule has 0 bridgehead atoms. The molecule has 2 nitrogen and oxygen atoms in total. The van der Waals surface area contributed by atoms with Crippen LogP contribution < -0.4 is 5.32 Å². The smallest absolute Gasteiger partial charge is 0.0587 e. The molecule has 0 radical (unpaired) electrons. The van der Waals surface area contributed by atoms with Gasteiger partial charge in [0.2, 0.25) is 0 Å². The Kier molecular flexibility index (Phi) is 5.66. The zero-order valence-corrected chi connectivity index (χ0v) is 11.4. The van der Waals surface area contributed by atoms with Gasteiger partial charge in [0.15, 0.2) is 0 Å². The second kappa shape index (κ2) is 6.77. The molecule has 1 unspecified atom stereocenters. The lowest BCUT2D eigenvalue weighted by atomic mass is 9.99. The number of hydrogen-bond donors (Lipinski definition) is 2. The van der Waals surface area contributed by atoms with Gasteiger partial charge in [-0.1, -0.05) is 50.6 Å². The van der Waals surface area contributed by atoms with Crippen molar-refractivity contribution in [3.63, 3.8) is 0 Å². The normalized spacial score (nSPS) is 14.9. The summed E-state index contributed by atoms with van der Waals surface area (Å²) in [6.45, 7) is 8.74. The van der Waals surface area contributed by atoms with Gasteiger partial charge in [-0.05, 0) is 24.8 Å². The highest BCUT2D eigenvalue weighted by molar-refractivity contribution is 5.24. The highest BCUT2D eigenvalue weighted by Crippen LogP contribution is 2.19. The molecule has 96 valence electrons. The Balaban J connectivity index is 2.74. The van der Waals surface area contributed by atoms with Gasteiger partial charge in [-0.3, -0.25) is 0 Å². The molecular weight excluding hydrogens is 210 g/mol. The molecule has 1 aromatic rings. The first-order chi connectivity index (χ1) is 8.08. The van der Waals surface area contributed by atoms with E-state index in [4.69, 9.17) is 0 Å². The van der Waals surface area contributed by atoms with Crippen LogP contribution in [0.25, 0.3) is 0 Å². The van der Waals surface area contributed by atoms with Crippen molar-refractivity contribution in [2.75, 3.05) is 6.61 Å². The van der Waals surface area contributed by atoms with Crippen LogP contribution in [-0.2, 0) is 0 Å². The third-order valence-electron chi connectivity index (χ3n) is 3.30. The van der Waals surface area contributed by atoms with Crippen LogP contribution in [0.3, 0.4) is 0 Å². The molecule has 0 amide bonds. The molecule has 0 aromatic heterocycles. The maximum absolute atomic E-state index is 9.37. The average molecular weight is 235 g/mol. The Labute approximate surface area is 105 Å². The van der Waals surface area contributed by atoms with Crippen LogP contribution in [0.1, 0.15) is 44.4 Å². The van der Waals surface area contributed by atoms with E-state index in [9.17, 15) is 5.11 Å². The topological polar surface area (TPSA) is 32.3 Å². The number of aryl methyl sites for hydroxylation is 1. The molecule has 0 aliphatic carbocycles. The van der Waals surface area contributed by atoms with Crippen LogP contribution in [0.2, 0.25) is 0 Å². The van der Waals surface area contributed by atoms with Gasteiger partial charge in [0.1, 0.15) is 0 Å². The van der Waals surface area contributed by atoms with E-state index >= 15 is 0 Å². The van der Waals surface area contributed by atoms with Gasteiger partial charge < -0.3 is 10.4 Å². The van der Waals surface area contributed by atoms with Crippen molar-refractivity contribution in [2.45, 2.75) is 46.2 Å². The van der Waals surface area contributed by atoms with Gasteiger partial charge >= 0.3 is 0 Å². The Hall–Kier alpha value is -0.860. The quantitative estimate of drug-likeness (QED) is 0.794. The summed E-state index contributed by atoms with van der Waals surface area (Å²) in [5.74, 6) is 0.444. The summed E-state index contributed by atoms with van der Waals surface area (Å²) >= 11 is 0. The molecule has 0 aliphatic heterocycles. The molecule has 0 heterocycles. The summed E-state index contributed by atoms with van der Waals surface area (Å²) in [5.41, 5.74) is 2.59. The molecule has 2 N–H and O–H groups in total. The van der Waals surface area contributed by atoms with E-state index in [1.54, 1.807) is 0 Å². The van der Waals surface area contributed by atoms with Crippen molar-refractivity contribution in [3.8, 4) is 0 Å². The van der Waals surface area contributed by atoms with E-state index in [2.05, 4.69) is 57.3 Å². The molecule has 1 rings (SSSR count). The zero-order valence-electron chi connectivity index (χ0n) is 11.4. The second-order valence-electron chi connectivity index (χ2n) is 5.07. The lowest BCUT2D eigenvalue weighted by molar-refractivity contribution is 0.198.